The summed E-state index contributed by atoms with van der Waals surface area (Å²) in [6.07, 6.45) is 1.63. The predicted octanol–water partition coefficient (Wildman–Crippen LogP) is 2.83. The molecule has 7 nitrogen and oxygen atoms in total. The molecule has 5 rings (SSSR count). The number of pyridine rings is 1. The molecule has 0 spiro atoms. The maximum Gasteiger partial charge on any atom is 0.349 e. The Morgan fingerprint density at radius 3 is 2.70 bits per heavy atom. The SMILES string of the molecule is Cl.O=c1oc2cc(N3CCNCC3)ccc2cc1-c1nc2ncccc2o1. The molecule has 1 saturated heterocycles. The van der Waals surface area contributed by atoms with Gasteiger partial charge in [-0.2, -0.15) is 4.98 Å². The number of oxazole rings is 1. The number of aromatic nitrogens is 2. The fourth-order valence-electron chi connectivity index (χ4n) is 3.25. The number of benzene rings is 1. The number of halogens is 1. The Balaban J connectivity index is 0.00000180. The highest BCUT2D eigenvalue weighted by Gasteiger charge is 2.16. The van der Waals surface area contributed by atoms with Gasteiger partial charge >= 0.3 is 5.63 Å². The molecule has 1 aliphatic rings. The topological polar surface area (TPSA) is 84.4 Å². The molecule has 138 valence electrons. The zero-order valence-corrected chi connectivity index (χ0v) is 15.2. The fourth-order valence-corrected chi connectivity index (χ4v) is 3.25. The zero-order chi connectivity index (χ0) is 17.5. The molecule has 0 bridgehead atoms. The maximum absolute atomic E-state index is 12.5. The molecule has 0 aliphatic carbocycles. The van der Waals surface area contributed by atoms with Gasteiger partial charge < -0.3 is 19.1 Å². The lowest BCUT2D eigenvalue weighted by Crippen LogP contribution is -2.43. The van der Waals surface area contributed by atoms with E-state index in [4.69, 9.17) is 8.83 Å². The van der Waals surface area contributed by atoms with Gasteiger partial charge in [0.05, 0.1) is 0 Å². The third-order valence-electron chi connectivity index (χ3n) is 4.60. The lowest BCUT2D eigenvalue weighted by Gasteiger charge is -2.29. The summed E-state index contributed by atoms with van der Waals surface area (Å²) in [6.45, 7) is 3.77. The van der Waals surface area contributed by atoms with Crippen molar-refractivity contribution in [3.05, 3.63) is 53.0 Å². The third-order valence-corrected chi connectivity index (χ3v) is 4.60. The smallest absolute Gasteiger partial charge is 0.349 e. The summed E-state index contributed by atoms with van der Waals surface area (Å²) in [7, 11) is 0. The summed E-state index contributed by atoms with van der Waals surface area (Å²) in [5, 5.41) is 4.16. The predicted molar refractivity (Wildman–Crippen MR) is 106 cm³/mol. The second kappa shape index (κ2) is 7.02. The number of anilines is 1. The number of hydrogen-bond acceptors (Lipinski definition) is 7. The van der Waals surface area contributed by atoms with E-state index in [0.29, 0.717) is 22.4 Å². The van der Waals surface area contributed by atoms with Gasteiger partial charge in [-0.05, 0) is 30.3 Å². The highest BCUT2D eigenvalue weighted by Crippen LogP contribution is 2.26. The van der Waals surface area contributed by atoms with Crippen molar-refractivity contribution in [2.75, 3.05) is 31.1 Å². The second-order valence-electron chi connectivity index (χ2n) is 6.25. The fraction of sp³-hybridized carbons (Fsp3) is 0.211. The minimum absolute atomic E-state index is 0. The summed E-state index contributed by atoms with van der Waals surface area (Å²) in [6, 6.07) is 11.2. The number of nitrogens with zero attached hydrogens (tertiary/aromatic N) is 3. The van der Waals surface area contributed by atoms with E-state index in [9.17, 15) is 4.79 Å². The van der Waals surface area contributed by atoms with Gasteiger partial charge in [0.1, 0.15) is 11.1 Å². The van der Waals surface area contributed by atoms with Crippen LogP contribution in [0.4, 0.5) is 5.69 Å². The average Bonchev–Trinajstić information content (AvgIpc) is 3.11. The summed E-state index contributed by atoms with van der Waals surface area (Å²) in [5.74, 6) is 0.223. The van der Waals surface area contributed by atoms with Crippen molar-refractivity contribution in [1.82, 2.24) is 15.3 Å². The summed E-state index contributed by atoms with van der Waals surface area (Å²) < 4.78 is 11.2. The summed E-state index contributed by atoms with van der Waals surface area (Å²) >= 11 is 0. The molecular weight excluding hydrogens is 368 g/mol. The Kier molecular flexibility index (Phi) is 4.55. The van der Waals surface area contributed by atoms with Gasteiger partial charge in [0, 0.05) is 49.5 Å². The van der Waals surface area contributed by atoms with E-state index in [1.165, 1.54) is 0 Å². The van der Waals surface area contributed by atoms with Gasteiger partial charge in [0.2, 0.25) is 5.89 Å². The molecule has 1 N–H and O–H groups in total. The van der Waals surface area contributed by atoms with E-state index in [0.717, 1.165) is 37.3 Å². The van der Waals surface area contributed by atoms with Crippen molar-refractivity contribution in [2.24, 2.45) is 0 Å². The Hall–Kier alpha value is -2.90. The number of nitrogens with one attached hydrogen (secondary N) is 1. The van der Waals surface area contributed by atoms with Crippen LogP contribution in [0, 0.1) is 0 Å². The Bertz CT molecular complexity index is 1130. The Morgan fingerprint density at radius 2 is 1.89 bits per heavy atom. The van der Waals surface area contributed by atoms with Crippen LogP contribution in [0.25, 0.3) is 33.7 Å². The standard InChI is InChI=1S/C19H16N4O3.ClH/c24-19-14(18-22-17-15(25-18)2-1-5-21-17)10-12-3-4-13(11-16(12)26-19)23-8-6-20-7-9-23;/h1-5,10-11,20H,6-9H2;1H. The van der Waals surface area contributed by atoms with Gasteiger partial charge in [0.15, 0.2) is 11.2 Å². The molecule has 0 atom stereocenters. The van der Waals surface area contributed by atoms with Crippen molar-refractivity contribution in [3.8, 4) is 11.5 Å². The van der Waals surface area contributed by atoms with E-state index in [2.05, 4.69) is 20.2 Å². The average molecular weight is 385 g/mol. The van der Waals surface area contributed by atoms with Crippen LogP contribution >= 0.6 is 12.4 Å². The molecule has 3 aromatic heterocycles. The molecular formula is C19H17ClN4O3. The Morgan fingerprint density at radius 1 is 1.04 bits per heavy atom. The first-order chi connectivity index (χ1) is 12.8. The quantitative estimate of drug-likeness (QED) is 0.532. The number of piperazine rings is 1. The largest absolute Gasteiger partial charge is 0.434 e. The molecule has 8 heteroatoms. The van der Waals surface area contributed by atoms with Crippen LogP contribution in [-0.4, -0.2) is 36.1 Å². The number of hydrogen-bond donors (Lipinski definition) is 1. The van der Waals surface area contributed by atoms with Crippen LogP contribution in [0.2, 0.25) is 0 Å². The molecule has 4 aromatic rings. The molecule has 1 fully saturated rings. The number of rotatable bonds is 2. The summed E-state index contributed by atoms with van der Waals surface area (Å²) in [5.41, 5.74) is 2.45. The van der Waals surface area contributed by atoms with Crippen LogP contribution in [0.5, 0.6) is 0 Å². The van der Waals surface area contributed by atoms with Gasteiger partial charge in [-0.25, -0.2) is 9.78 Å². The van der Waals surface area contributed by atoms with Crippen molar-refractivity contribution >= 4 is 40.3 Å². The third kappa shape index (κ3) is 3.15. The first kappa shape index (κ1) is 17.5. The van der Waals surface area contributed by atoms with Crippen LogP contribution in [0.1, 0.15) is 0 Å². The van der Waals surface area contributed by atoms with Gasteiger partial charge in [-0.15, -0.1) is 12.4 Å². The monoisotopic (exact) mass is 384 g/mol. The van der Waals surface area contributed by atoms with Crippen LogP contribution in [-0.2, 0) is 0 Å². The van der Waals surface area contributed by atoms with Crippen molar-refractivity contribution in [1.29, 1.82) is 0 Å². The number of fused-ring (bicyclic) bond motifs is 2. The van der Waals surface area contributed by atoms with Crippen molar-refractivity contribution in [3.63, 3.8) is 0 Å². The van der Waals surface area contributed by atoms with E-state index in [1.807, 2.05) is 18.2 Å². The molecule has 27 heavy (non-hydrogen) atoms. The first-order valence-electron chi connectivity index (χ1n) is 8.53. The zero-order valence-electron chi connectivity index (χ0n) is 14.3. The van der Waals surface area contributed by atoms with Crippen LogP contribution in [0.15, 0.2) is 56.2 Å². The maximum atomic E-state index is 12.5. The normalized spacial score (nSPS) is 14.4. The minimum Gasteiger partial charge on any atom is -0.434 e. The van der Waals surface area contributed by atoms with E-state index < -0.39 is 5.63 Å². The first-order valence-corrected chi connectivity index (χ1v) is 8.53. The molecule has 0 saturated carbocycles. The molecule has 1 aliphatic heterocycles. The Labute approximate surface area is 160 Å². The lowest BCUT2D eigenvalue weighted by molar-refractivity contribution is 0.552. The highest BCUT2D eigenvalue weighted by molar-refractivity contribution is 5.85. The van der Waals surface area contributed by atoms with E-state index in [-0.39, 0.29) is 18.3 Å². The van der Waals surface area contributed by atoms with Gasteiger partial charge in [0.25, 0.3) is 0 Å². The van der Waals surface area contributed by atoms with Gasteiger partial charge in [-0.1, -0.05) is 0 Å². The van der Waals surface area contributed by atoms with Crippen molar-refractivity contribution < 1.29 is 8.83 Å². The molecule has 1 aromatic carbocycles. The minimum atomic E-state index is -0.471. The summed E-state index contributed by atoms with van der Waals surface area (Å²) in [4.78, 5) is 23.2. The highest BCUT2D eigenvalue weighted by atomic mass is 35.5. The second-order valence-corrected chi connectivity index (χ2v) is 6.25. The van der Waals surface area contributed by atoms with E-state index >= 15 is 0 Å². The van der Waals surface area contributed by atoms with E-state index in [1.54, 1.807) is 24.4 Å². The lowest BCUT2D eigenvalue weighted by atomic mass is 10.1. The van der Waals surface area contributed by atoms with Crippen LogP contribution in [0.3, 0.4) is 0 Å². The van der Waals surface area contributed by atoms with Gasteiger partial charge in [-0.3, -0.25) is 0 Å². The molecule has 0 radical (unpaired) electrons. The van der Waals surface area contributed by atoms with Crippen molar-refractivity contribution in [2.45, 2.75) is 0 Å². The van der Waals surface area contributed by atoms with Crippen LogP contribution < -0.4 is 15.8 Å². The molecule has 4 heterocycles. The molecule has 0 amide bonds. The molecule has 0 unspecified atom stereocenters.